The van der Waals surface area contributed by atoms with Gasteiger partial charge in [-0.25, -0.2) is 22.3 Å². The van der Waals surface area contributed by atoms with Gasteiger partial charge in [0.05, 0.1) is 0 Å². The summed E-state index contributed by atoms with van der Waals surface area (Å²) in [5.41, 5.74) is 1.55. The molecule has 2 aromatic rings. The van der Waals surface area contributed by atoms with Crippen LogP contribution in [0.5, 0.6) is 0 Å². The van der Waals surface area contributed by atoms with Crippen LogP contribution in [0.2, 0.25) is 0 Å². The van der Waals surface area contributed by atoms with Crippen LogP contribution in [0.4, 0.5) is 8.78 Å². The number of nitrogens with two attached hydrogens (primary N) is 1. The Labute approximate surface area is 148 Å². The summed E-state index contributed by atoms with van der Waals surface area (Å²) in [6.45, 7) is 0. The predicted octanol–water partition coefficient (Wildman–Crippen LogP) is 3.11. The van der Waals surface area contributed by atoms with Crippen LogP contribution in [0, 0.1) is 11.6 Å². The largest absolute Gasteiger partial charge is 0.264 e. The van der Waals surface area contributed by atoms with Crippen molar-refractivity contribution in [1.29, 1.82) is 0 Å². The first-order valence-electron chi connectivity index (χ1n) is 7.13. The summed E-state index contributed by atoms with van der Waals surface area (Å²) >= 11 is 5.38. The van der Waals surface area contributed by atoms with Crippen molar-refractivity contribution in [1.82, 2.24) is 4.98 Å². The molecule has 0 aliphatic heterocycles. The topological polar surface area (TPSA) is 73.1 Å². The molecule has 1 aliphatic carbocycles. The minimum atomic E-state index is -4.49. The molecule has 128 valence electrons. The number of hydrogen-bond donors (Lipinski definition) is 1. The van der Waals surface area contributed by atoms with E-state index in [-0.39, 0.29) is 11.5 Å². The van der Waals surface area contributed by atoms with Crippen molar-refractivity contribution in [2.75, 3.05) is 0 Å². The van der Waals surface area contributed by atoms with Gasteiger partial charge in [0, 0.05) is 23.2 Å². The predicted molar refractivity (Wildman–Crippen MR) is 94.4 cm³/mol. The van der Waals surface area contributed by atoms with E-state index in [0.29, 0.717) is 10.4 Å². The Morgan fingerprint density at radius 3 is 2.40 bits per heavy atom. The van der Waals surface area contributed by atoms with Gasteiger partial charge in [0.2, 0.25) is 10.0 Å². The fourth-order valence-corrected chi connectivity index (χ4v) is 3.60. The van der Waals surface area contributed by atoms with Gasteiger partial charge in [0.1, 0.15) is 11.6 Å². The number of allylic oxidation sites excluding steroid dienone is 4. The minimum Gasteiger partial charge on any atom is -0.264 e. The lowest BCUT2D eigenvalue weighted by molar-refractivity contribution is 0.519. The molecule has 0 saturated carbocycles. The minimum absolute atomic E-state index is 0.161. The number of primary sulfonamides is 1. The molecule has 0 spiro atoms. The molecule has 1 aliphatic rings. The standard InChI is InChI=1S/C17H12F2N2O2S2/c18-14-6-12(7-15(19)17(14)25(20,22)23)10-3-4-13(16(24)8-10)11-2-1-5-21-9-11/h1-9,13H,(H2,20,22,23). The number of hydrogen-bond acceptors (Lipinski definition) is 4. The van der Waals surface area contributed by atoms with Crippen LogP contribution >= 0.6 is 12.2 Å². The summed E-state index contributed by atoms with van der Waals surface area (Å²) in [7, 11) is -4.49. The number of benzene rings is 1. The van der Waals surface area contributed by atoms with Crippen LogP contribution in [0.3, 0.4) is 0 Å². The van der Waals surface area contributed by atoms with E-state index in [1.54, 1.807) is 36.7 Å². The van der Waals surface area contributed by atoms with Gasteiger partial charge < -0.3 is 0 Å². The van der Waals surface area contributed by atoms with E-state index in [2.05, 4.69) is 4.98 Å². The Morgan fingerprint density at radius 1 is 1.20 bits per heavy atom. The maximum atomic E-state index is 14.0. The number of halogens is 2. The van der Waals surface area contributed by atoms with E-state index in [4.69, 9.17) is 17.4 Å². The van der Waals surface area contributed by atoms with E-state index in [0.717, 1.165) is 17.7 Å². The van der Waals surface area contributed by atoms with E-state index in [9.17, 15) is 17.2 Å². The average Bonchev–Trinajstić information content (AvgIpc) is 2.53. The second-order valence-corrected chi connectivity index (χ2v) is 7.41. The van der Waals surface area contributed by atoms with Crippen LogP contribution < -0.4 is 5.14 Å². The molecule has 0 fully saturated rings. The zero-order chi connectivity index (χ0) is 18.2. The summed E-state index contributed by atoms with van der Waals surface area (Å²) in [5, 5.41) is 4.83. The molecule has 3 rings (SSSR count). The zero-order valence-electron chi connectivity index (χ0n) is 12.7. The summed E-state index contributed by atoms with van der Waals surface area (Å²) in [6.07, 6.45) is 8.45. The SMILES string of the molecule is NS(=O)(=O)c1c(F)cc(C2=CC(=S)C(c3cccnc3)C=C2)cc1F. The van der Waals surface area contributed by atoms with E-state index in [1.165, 1.54) is 0 Å². The first-order chi connectivity index (χ1) is 11.8. The van der Waals surface area contributed by atoms with E-state index in [1.807, 2.05) is 6.07 Å². The first-order valence-corrected chi connectivity index (χ1v) is 9.08. The smallest absolute Gasteiger partial charge is 0.243 e. The maximum Gasteiger partial charge on any atom is 0.243 e. The van der Waals surface area contributed by atoms with Gasteiger partial charge in [0.25, 0.3) is 0 Å². The molecule has 1 atom stereocenters. The van der Waals surface area contributed by atoms with Crippen LogP contribution in [0.25, 0.3) is 5.57 Å². The Morgan fingerprint density at radius 2 is 1.88 bits per heavy atom. The lowest BCUT2D eigenvalue weighted by Gasteiger charge is -2.18. The van der Waals surface area contributed by atoms with Gasteiger partial charge in [-0.1, -0.05) is 30.4 Å². The summed E-state index contributed by atoms with van der Waals surface area (Å²) in [4.78, 5) is 3.46. The van der Waals surface area contributed by atoms with Crippen LogP contribution in [-0.4, -0.2) is 18.3 Å². The quantitative estimate of drug-likeness (QED) is 0.833. The fourth-order valence-electron chi connectivity index (χ4n) is 2.60. The average molecular weight is 378 g/mol. The number of aromatic nitrogens is 1. The van der Waals surface area contributed by atoms with E-state index >= 15 is 0 Å². The van der Waals surface area contributed by atoms with Gasteiger partial charge in [-0.15, -0.1) is 0 Å². The number of nitrogens with zero attached hydrogens (tertiary/aromatic N) is 1. The van der Waals surface area contributed by atoms with Crippen molar-refractivity contribution in [2.45, 2.75) is 10.8 Å². The van der Waals surface area contributed by atoms with Gasteiger partial charge in [-0.2, -0.15) is 0 Å². The molecule has 0 bridgehead atoms. The second-order valence-electron chi connectivity index (χ2n) is 5.44. The molecule has 0 radical (unpaired) electrons. The van der Waals surface area contributed by atoms with Crippen molar-refractivity contribution >= 4 is 32.7 Å². The number of rotatable bonds is 3. The highest BCUT2D eigenvalue weighted by Gasteiger charge is 2.23. The lowest BCUT2D eigenvalue weighted by Crippen LogP contribution is -2.16. The van der Waals surface area contributed by atoms with Gasteiger partial charge in [-0.05, 0) is 41.0 Å². The molecule has 1 unspecified atom stereocenters. The van der Waals surface area contributed by atoms with Crippen molar-refractivity contribution in [3.05, 3.63) is 77.6 Å². The first kappa shape index (κ1) is 17.5. The molecule has 1 heterocycles. The summed E-state index contributed by atoms with van der Waals surface area (Å²) in [6, 6.07) is 5.52. The highest BCUT2D eigenvalue weighted by molar-refractivity contribution is 7.89. The normalized spacial score (nSPS) is 17.5. The Bertz CT molecular complexity index is 993. The van der Waals surface area contributed by atoms with E-state index < -0.39 is 26.6 Å². The molecule has 4 nitrogen and oxygen atoms in total. The Kier molecular flexibility index (Phi) is 4.59. The van der Waals surface area contributed by atoms with Crippen molar-refractivity contribution in [2.24, 2.45) is 5.14 Å². The molecule has 0 saturated heterocycles. The van der Waals surface area contributed by atoms with Crippen molar-refractivity contribution in [3.63, 3.8) is 0 Å². The van der Waals surface area contributed by atoms with Gasteiger partial charge in [-0.3, -0.25) is 4.98 Å². The fraction of sp³-hybridized carbons (Fsp3) is 0.0588. The third kappa shape index (κ3) is 3.55. The van der Waals surface area contributed by atoms with Crippen LogP contribution in [0.15, 0.2) is 59.8 Å². The summed E-state index contributed by atoms with van der Waals surface area (Å²) in [5.74, 6) is -2.65. The highest BCUT2D eigenvalue weighted by atomic mass is 32.2. The second kappa shape index (κ2) is 6.55. The molecule has 8 heteroatoms. The van der Waals surface area contributed by atoms with Crippen LogP contribution in [0.1, 0.15) is 17.0 Å². The molecule has 25 heavy (non-hydrogen) atoms. The molecule has 1 aromatic carbocycles. The van der Waals surface area contributed by atoms with Crippen LogP contribution in [-0.2, 0) is 10.0 Å². The third-order valence-corrected chi connectivity index (χ3v) is 5.06. The van der Waals surface area contributed by atoms with Gasteiger partial charge in [0.15, 0.2) is 4.90 Å². The highest BCUT2D eigenvalue weighted by Crippen LogP contribution is 2.31. The molecular formula is C17H12F2N2O2S2. The third-order valence-electron chi connectivity index (χ3n) is 3.73. The van der Waals surface area contributed by atoms with Crippen molar-refractivity contribution in [3.8, 4) is 0 Å². The number of pyridine rings is 1. The van der Waals surface area contributed by atoms with Gasteiger partial charge >= 0.3 is 0 Å². The maximum absolute atomic E-state index is 14.0. The monoisotopic (exact) mass is 378 g/mol. The Hall–Kier alpha value is -2.29. The lowest BCUT2D eigenvalue weighted by atomic mass is 9.89. The number of sulfonamides is 1. The van der Waals surface area contributed by atoms with Crippen molar-refractivity contribution < 1.29 is 17.2 Å². The summed E-state index contributed by atoms with van der Waals surface area (Å²) < 4.78 is 50.5. The molecular weight excluding hydrogens is 366 g/mol. The number of thiocarbonyl (C=S) groups is 1. The molecule has 1 aromatic heterocycles. The molecule has 0 amide bonds. The zero-order valence-corrected chi connectivity index (χ0v) is 14.3. The Balaban J connectivity index is 1.97. The molecule has 2 N–H and O–H groups in total.